The molecule has 0 aliphatic rings. The Morgan fingerprint density at radius 3 is 2.63 bits per heavy atom. The second-order valence-corrected chi connectivity index (χ2v) is 6.65. The highest BCUT2D eigenvalue weighted by molar-refractivity contribution is 6.31. The molecule has 136 valence electrons. The van der Waals surface area contributed by atoms with Gasteiger partial charge in [0.05, 0.1) is 24.0 Å². The Hall–Kier alpha value is -3.05. The number of nitrogens with one attached hydrogen (secondary N) is 1. The second-order valence-electron chi connectivity index (χ2n) is 6.24. The van der Waals surface area contributed by atoms with E-state index in [0.29, 0.717) is 22.0 Å². The summed E-state index contributed by atoms with van der Waals surface area (Å²) in [6.07, 6.45) is 3.05. The first-order chi connectivity index (χ1) is 12.9. The summed E-state index contributed by atoms with van der Waals surface area (Å²) in [7, 11) is 0. The smallest absolute Gasteiger partial charge is 0.232 e. The van der Waals surface area contributed by atoms with Gasteiger partial charge in [0.1, 0.15) is 0 Å². The third kappa shape index (κ3) is 4.77. The first kappa shape index (κ1) is 18.7. The molecule has 0 saturated carbocycles. The summed E-state index contributed by atoms with van der Waals surface area (Å²) < 4.78 is 0. The van der Waals surface area contributed by atoms with Gasteiger partial charge in [0, 0.05) is 28.0 Å². The Morgan fingerprint density at radius 1 is 1.07 bits per heavy atom. The zero-order valence-corrected chi connectivity index (χ0v) is 15.7. The van der Waals surface area contributed by atoms with Gasteiger partial charge in [-0.2, -0.15) is 0 Å². The zero-order valence-electron chi connectivity index (χ0n) is 15.0. The lowest BCUT2D eigenvalue weighted by molar-refractivity contribution is -0.115. The maximum Gasteiger partial charge on any atom is 0.232 e. The maximum absolute atomic E-state index is 12.5. The monoisotopic (exact) mass is 379 g/mol. The van der Waals surface area contributed by atoms with Crippen LogP contribution in [0.25, 0.3) is 11.3 Å². The number of nitrogens with zero attached hydrogens (tertiary/aromatic N) is 2. The molecule has 3 aromatic rings. The van der Waals surface area contributed by atoms with E-state index >= 15 is 0 Å². The van der Waals surface area contributed by atoms with Gasteiger partial charge in [-0.3, -0.25) is 14.6 Å². The van der Waals surface area contributed by atoms with Crippen molar-refractivity contribution in [1.82, 2.24) is 9.97 Å². The summed E-state index contributed by atoms with van der Waals surface area (Å²) in [5, 5.41) is 3.26. The molecular formula is C21H18ClN3O2. The van der Waals surface area contributed by atoms with Crippen molar-refractivity contribution < 1.29 is 9.59 Å². The number of rotatable bonds is 5. The van der Waals surface area contributed by atoms with Gasteiger partial charge in [0.15, 0.2) is 5.78 Å². The van der Waals surface area contributed by atoms with Crippen LogP contribution in [-0.4, -0.2) is 21.7 Å². The normalized spacial score (nSPS) is 10.5. The van der Waals surface area contributed by atoms with Gasteiger partial charge in [0.2, 0.25) is 5.91 Å². The van der Waals surface area contributed by atoms with Crippen molar-refractivity contribution in [3.8, 4) is 11.3 Å². The van der Waals surface area contributed by atoms with E-state index in [0.717, 1.165) is 16.8 Å². The Labute approximate surface area is 162 Å². The first-order valence-electron chi connectivity index (χ1n) is 8.40. The quantitative estimate of drug-likeness (QED) is 0.518. The van der Waals surface area contributed by atoms with Crippen LogP contribution in [0.2, 0.25) is 5.02 Å². The van der Waals surface area contributed by atoms with Gasteiger partial charge in [-0.1, -0.05) is 35.9 Å². The summed E-state index contributed by atoms with van der Waals surface area (Å²) >= 11 is 6.06. The fourth-order valence-electron chi connectivity index (χ4n) is 2.58. The topological polar surface area (TPSA) is 72.0 Å². The van der Waals surface area contributed by atoms with Crippen LogP contribution >= 0.6 is 11.6 Å². The minimum atomic E-state index is -0.388. The summed E-state index contributed by atoms with van der Waals surface area (Å²) in [5.41, 5.74) is 4.19. The summed E-state index contributed by atoms with van der Waals surface area (Å²) in [4.78, 5) is 33.2. The van der Waals surface area contributed by atoms with Gasteiger partial charge < -0.3 is 5.32 Å². The third-order valence-electron chi connectivity index (χ3n) is 4.01. The van der Waals surface area contributed by atoms with E-state index in [4.69, 9.17) is 11.6 Å². The molecule has 0 unspecified atom stereocenters. The van der Waals surface area contributed by atoms with Crippen molar-refractivity contribution in [1.29, 1.82) is 0 Å². The van der Waals surface area contributed by atoms with Crippen molar-refractivity contribution in [2.75, 3.05) is 5.32 Å². The number of ketones is 1. The van der Waals surface area contributed by atoms with Crippen LogP contribution in [0.3, 0.4) is 0 Å². The molecule has 6 heteroatoms. The van der Waals surface area contributed by atoms with Crippen molar-refractivity contribution in [3.63, 3.8) is 0 Å². The molecule has 0 aliphatic heterocycles. The summed E-state index contributed by atoms with van der Waals surface area (Å²) in [6, 6.07) is 12.3. The lowest BCUT2D eigenvalue weighted by atomic mass is 10.0. The van der Waals surface area contributed by atoms with Crippen LogP contribution < -0.4 is 5.32 Å². The average molecular weight is 380 g/mol. The summed E-state index contributed by atoms with van der Waals surface area (Å²) in [6.45, 7) is 3.73. The maximum atomic E-state index is 12.5. The van der Waals surface area contributed by atoms with Crippen LogP contribution in [0.4, 0.5) is 5.69 Å². The number of amides is 1. The van der Waals surface area contributed by atoms with Crippen molar-refractivity contribution in [2.24, 2.45) is 0 Å². The predicted octanol–water partition coefficient (Wildman–Crippen LogP) is 4.63. The molecule has 5 nitrogen and oxygen atoms in total. The highest BCUT2D eigenvalue weighted by atomic mass is 35.5. The van der Waals surface area contributed by atoms with E-state index in [9.17, 15) is 9.59 Å². The number of hydrogen-bond acceptors (Lipinski definition) is 4. The van der Waals surface area contributed by atoms with E-state index in [1.54, 1.807) is 42.7 Å². The predicted molar refractivity (Wildman–Crippen MR) is 106 cm³/mol. The summed E-state index contributed by atoms with van der Waals surface area (Å²) in [5.74, 6) is -0.658. The number of carbonyl (C=O) groups excluding carboxylic acids is 2. The number of Topliss-reactive ketones (excluding diaryl/α,β-unsaturated/α-hetero) is 1. The highest BCUT2D eigenvalue weighted by Crippen LogP contribution is 2.21. The first-order valence-corrected chi connectivity index (χ1v) is 8.78. The van der Waals surface area contributed by atoms with Gasteiger partial charge >= 0.3 is 0 Å². The van der Waals surface area contributed by atoms with Crippen molar-refractivity contribution in [3.05, 3.63) is 76.7 Å². The van der Waals surface area contributed by atoms with E-state index in [1.165, 1.54) is 0 Å². The molecule has 0 bridgehead atoms. The molecule has 0 aliphatic carbocycles. The van der Waals surface area contributed by atoms with Crippen molar-refractivity contribution in [2.45, 2.75) is 20.3 Å². The molecule has 2 aromatic carbocycles. The molecule has 0 fully saturated rings. The van der Waals surface area contributed by atoms with E-state index in [-0.39, 0.29) is 18.1 Å². The van der Waals surface area contributed by atoms with E-state index in [2.05, 4.69) is 15.3 Å². The molecule has 27 heavy (non-hydrogen) atoms. The molecule has 0 radical (unpaired) electrons. The van der Waals surface area contributed by atoms with Gasteiger partial charge in [-0.05, 0) is 37.6 Å². The molecular weight excluding hydrogens is 362 g/mol. The standard InChI is InChI=1S/C21H18ClN3O2/c1-13-6-7-17(9-18(13)22)25-21(27)10-20(26)16-5-3-4-15(8-16)19-12-23-11-14(2)24-19/h3-9,11-12H,10H2,1-2H3,(H,25,27). The molecule has 0 saturated heterocycles. The minimum Gasteiger partial charge on any atom is -0.326 e. The number of benzene rings is 2. The Kier molecular flexibility index (Phi) is 5.62. The molecule has 3 rings (SSSR count). The molecule has 0 spiro atoms. The number of anilines is 1. The van der Waals surface area contributed by atoms with Crippen LogP contribution in [0.15, 0.2) is 54.9 Å². The lowest BCUT2D eigenvalue weighted by Crippen LogP contribution is -2.16. The number of carbonyl (C=O) groups is 2. The fraction of sp³-hybridized carbons (Fsp3) is 0.143. The fourth-order valence-corrected chi connectivity index (χ4v) is 2.76. The highest BCUT2D eigenvalue weighted by Gasteiger charge is 2.14. The van der Waals surface area contributed by atoms with Gasteiger partial charge in [-0.15, -0.1) is 0 Å². The third-order valence-corrected chi connectivity index (χ3v) is 4.42. The van der Waals surface area contributed by atoms with Gasteiger partial charge in [0.25, 0.3) is 0 Å². The Bertz CT molecular complexity index is 1020. The number of hydrogen-bond donors (Lipinski definition) is 1. The minimum absolute atomic E-state index is 0.256. The zero-order chi connectivity index (χ0) is 19.4. The number of aromatic nitrogens is 2. The molecule has 0 atom stereocenters. The molecule has 1 amide bonds. The SMILES string of the molecule is Cc1cncc(-c2cccc(C(=O)CC(=O)Nc3ccc(C)c(Cl)c3)c2)n1. The average Bonchev–Trinajstić information content (AvgIpc) is 2.65. The van der Waals surface area contributed by atoms with Crippen molar-refractivity contribution >= 4 is 29.0 Å². The van der Waals surface area contributed by atoms with E-state index < -0.39 is 0 Å². The van der Waals surface area contributed by atoms with Crippen LogP contribution in [-0.2, 0) is 4.79 Å². The second kappa shape index (κ2) is 8.10. The van der Waals surface area contributed by atoms with E-state index in [1.807, 2.05) is 26.0 Å². The van der Waals surface area contributed by atoms with Gasteiger partial charge in [-0.25, -0.2) is 4.98 Å². The van der Waals surface area contributed by atoms with Crippen LogP contribution in [0, 0.1) is 13.8 Å². The number of aryl methyl sites for hydroxylation is 2. The molecule has 1 aromatic heterocycles. The van der Waals surface area contributed by atoms with Crippen LogP contribution in [0.1, 0.15) is 28.0 Å². The Morgan fingerprint density at radius 2 is 1.89 bits per heavy atom. The largest absolute Gasteiger partial charge is 0.326 e. The van der Waals surface area contributed by atoms with Crippen LogP contribution in [0.5, 0.6) is 0 Å². The molecule has 1 N–H and O–H groups in total. The Balaban J connectivity index is 1.71. The molecule has 1 heterocycles. The number of halogens is 1. The lowest BCUT2D eigenvalue weighted by Gasteiger charge is -2.08.